The number of carboxylic acids is 1. The van der Waals surface area contributed by atoms with Gasteiger partial charge in [-0.15, -0.1) is 0 Å². The maximum atomic E-state index is 12.9. The first-order valence-electron chi connectivity index (χ1n) is 11.1. The normalized spacial score (nSPS) is 16.3. The summed E-state index contributed by atoms with van der Waals surface area (Å²) < 4.78 is 5.08. The third-order valence-electron chi connectivity index (χ3n) is 5.85. The molecule has 0 bridgehead atoms. The lowest BCUT2D eigenvalue weighted by molar-refractivity contribution is -0.125. The van der Waals surface area contributed by atoms with Crippen LogP contribution in [0.25, 0.3) is 22.3 Å². The van der Waals surface area contributed by atoms with Gasteiger partial charge in [0.05, 0.1) is 11.2 Å². The molecule has 3 heterocycles. The first-order chi connectivity index (χ1) is 17.7. The highest BCUT2D eigenvalue weighted by molar-refractivity contribution is 7.17. The largest absolute Gasteiger partial charge is 0.483 e. The van der Waals surface area contributed by atoms with E-state index in [9.17, 15) is 14.7 Å². The van der Waals surface area contributed by atoms with Crippen LogP contribution in [0.3, 0.4) is 0 Å². The Hall–Kier alpha value is -4.46. The quantitative estimate of drug-likeness (QED) is 0.313. The number of nitrogens with one attached hydrogen (secondary N) is 1. The van der Waals surface area contributed by atoms with E-state index >= 15 is 0 Å². The molecule has 192 valence electrons. The van der Waals surface area contributed by atoms with E-state index in [2.05, 4.69) is 30.4 Å². The number of amides is 1. The van der Waals surface area contributed by atoms with Gasteiger partial charge in [-0.1, -0.05) is 16.5 Å². The van der Waals surface area contributed by atoms with Crippen LogP contribution in [0, 0.1) is 19.8 Å². The molecule has 13 nitrogen and oxygen atoms in total. The van der Waals surface area contributed by atoms with Crippen molar-refractivity contribution < 1.29 is 29.1 Å². The van der Waals surface area contributed by atoms with Crippen LogP contribution in [0.5, 0.6) is 0 Å². The molecule has 14 heteroatoms. The summed E-state index contributed by atoms with van der Waals surface area (Å²) in [4.78, 5) is 51.4. The third-order valence-corrected chi connectivity index (χ3v) is 7.07. The molecule has 0 radical (unpaired) electrons. The molecule has 1 aliphatic rings. The maximum absolute atomic E-state index is 12.9. The second-order valence-corrected chi connectivity index (χ2v) is 9.30. The molecule has 1 aliphatic carbocycles. The predicted octanol–water partition coefficient (Wildman–Crippen LogP) is 3.01. The zero-order valence-corrected chi connectivity index (χ0v) is 20.9. The number of benzene rings is 1. The number of carboxylic acid groups (broad SMARTS) is 2. The van der Waals surface area contributed by atoms with Gasteiger partial charge in [0, 0.05) is 36.9 Å². The first-order valence-corrected chi connectivity index (χ1v) is 11.9. The zero-order chi connectivity index (χ0) is 26.7. The minimum Gasteiger partial charge on any atom is -0.483 e. The highest BCUT2D eigenvalue weighted by Crippen LogP contribution is 2.35. The number of fused-ring (bicyclic) bond motifs is 1. The van der Waals surface area contributed by atoms with Gasteiger partial charge in [-0.3, -0.25) is 14.5 Å². The van der Waals surface area contributed by atoms with Crippen LogP contribution in [0.1, 0.15) is 34.1 Å². The molecule has 0 aliphatic heterocycles. The average Bonchev–Trinajstić information content (AvgIpc) is 3.46. The number of nitrogens with zero attached hydrogens (tertiary/aromatic N) is 6. The number of aromatic carboxylic acids is 1. The molecule has 0 atom stereocenters. The summed E-state index contributed by atoms with van der Waals surface area (Å²) in [5, 5.41) is 24.7. The van der Waals surface area contributed by atoms with Crippen molar-refractivity contribution in [1.82, 2.24) is 25.1 Å². The number of anilines is 2. The lowest BCUT2D eigenvalue weighted by atomic mass is 9.79. The summed E-state index contributed by atoms with van der Waals surface area (Å²) in [5.74, 6) is 0.370. The van der Waals surface area contributed by atoms with E-state index in [-0.39, 0.29) is 29.2 Å². The SMILES string of the molecule is Cc1nc(-c2ccc3ncnc(NC4CC(C(=O)N(C)c5nc(C)c(C(=O)O)s5)C4)c3c2)no1.O=CO. The Balaban J connectivity index is 0.00000102. The summed E-state index contributed by atoms with van der Waals surface area (Å²) in [6, 6.07) is 5.76. The summed E-state index contributed by atoms with van der Waals surface area (Å²) in [6.07, 6.45) is 2.77. The van der Waals surface area contributed by atoms with Gasteiger partial charge in [0.15, 0.2) is 5.13 Å². The van der Waals surface area contributed by atoms with E-state index in [1.165, 1.54) is 11.2 Å². The predicted molar refractivity (Wildman–Crippen MR) is 134 cm³/mol. The van der Waals surface area contributed by atoms with Crippen LogP contribution in [0.2, 0.25) is 0 Å². The Labute approximate surface area is 214 Å². The van der Waals surface area contributed by atoms with Gasteiger partial charge in [-0.2, -0.15) is 4.98 Å². The fraction of sp³-hybridized carbons (Fsp3) is 0.304. The molecular formula is C23H23N7O6S. The van der Waals surface area contributed by atoms with Gasteiger partial charge < -0.3 is 20.1 Å². The van der Waals surface area contributed by atoms with Gasteiger partial charge >= 0.3 is 5.97 Å². The van der Waals surface area contributed by atoms with Crippen molar-refractivity contribution in [3.63, 3.8) is 0 Å². The Morgan fingerprint density at radius 3 is 2.57 bits per heavy atom. The number of hydrogen-bond donors (Lipinski definition) is 3. The molecule has 0 saturated heterocycles. The van der Waals surface area contributed by atoms with E-state index in [0.717, 1.165) is 27.8 Å². The molecule has 1 fully saturated rings. The lowest BCUT2D eigenvalue weighted by Crippen LogP contribution is -2.45. The van der Waals surface area contributed by atoms with Crippen LogP contribution in [0.15, 0.2) is 29.0 Å². The van der Waals surface area contributed by atoms with E-state index in [4.69, 9.17) is 14.4 Å². The number of carbonyl (C=O) groups is 3. The Kier molecular flexibility index (Phi) is 7.38. The third kappa shape index (κ3) is 5.38. The Morgan fingerprint density at radius 1 is 1.22 bits per heavy atom. The van der Waals surface area contributed by atoms with Crippen molar-refractivity contribution in [1.29, 1.82) is 0 Å². The minimum atomic E-state index is -1.04. The molecule has 0 spiro atoms. The van der Waals surface area contributed by atoms with Crippen molar-refractivity contribution in [2.24, 2.45) is 5.92 Å². The molecule has 37 heavy (non-hydrogen) atoms. The second kappa shape index (κ2) is 10.7. The van der Waals surface area contributed by atoms with Crippen LogP contribution >= 0.6 is 11.3 Å². The molecule has 3 N–H and O–H groups in total. The maximum Gasteiger partial charge on any atom is 0.347 e. The molecule has 0 unspecified atom stereocenters. The van der Waals surface area contributed by atoms with Crippen LogP contribution < -0.4 is 10.2 Å². The molecular weight excluding hydrogens is 502 g/mol. The average molecular weight is 526 g/mol. The molecule has 4 aromatic rings. The van der Waals surface area contributed by atoms with E-state index < -0.39 is 5.97 Å². The van der Waals surface area contributed by atoms with Crippen molar-refractivity contribution in [2.45, 2.75) is 32.7 Å². The summed E-state index contributed by atoms with van der Waals surface area (Å²) >= 11 is 1.01. The standard InChI is InChI=1S/C22H21N7O4S.CH2O2/c1-10-17(21(31)32)34-22(25-10)29(3)20(30)13-6-14(7-13)27-19-15-8-12(18-26-11(2)33-28-18)4-5-16(15)23-9-24-19;2-1-3/h4-5,8-9,13-14H,6-7H2,1-3H3,(H,31,32)(H,23,24,27);1H,(H,2,3). The van der Waals surface area contributed by atoms with E-state index in [0.29, 0.717) is 41.2 Å². The number of thiazole rings is 1. The van der Waals surface area contributed by atoms with Gasteiger partial charge in [-0.05, 0) is 38.0 Å². The van der Waals surface area contributed by atoms with E-state index in [1.54, 1.807) is 20.9 Å². The molecule has 3 aromatic heterocycles. The molecule has 1 amide bonds. The zero-order valence-electron chi connectivity index (χ0n) is 20.1. The molecule has 1 saturated carbocycles. The molecule has 1 aromatic carbocycles. The summed E-state index contributed by atoms with van der Waals surface area (Å²) in [5.41, 5.74) is 1.98. The fourth-order valence-corrected chi connectivity index (χ4v) is 4.82. The molecule has 5 rings (SSSR count). The Morgan fingerprint density at radius 2 is 1.95 bits per heavy atom. The first kappa shape index (κ1) is 25.6. The topological polar surface area (TPSA) is 185 Å². The number of aromatic nitrogens is 5. The number of hydrogen-bond acceptors (Lipinski definition) is 11. The van der Waals surface area contributed by atoms with Crippen molar-refractivity contribution in [3.05, 3.63) is 41.0 Å². The Bertz CT molecular complexity index is 1460. The highest BCUT2D eigenvalue weighted by atomic mass is 32.1. The summed E-state index contributed by atoms with van der Waals surface area (Å²) in [6.45, 7) is 3.11. The van der Waals surface area contributed by atoms with Gasteiger partial charge in [0.2, 0.25) is 17.6 Å². The van der Waals surface area contributed by atoms with Crippen molar-refractivity contribution >= 4 is 51.5 Å². The van der Waals surface area contributed by atoms with Crippen LogP contribution in [-0.4, -0.2) is 66.7 Å². The monoisotopic (exact) mass is 525 g/mol. The lowest BCUT2D eigenvalue weighted by Gasteiger charge is -2.36. The van der Waals surface area contributed by atoms with Gasteiger partial charge in [0.1, 0.15) is 17.0 Å². The number of carbonyl (C=O) groups excluding carboxylic acids is 1. The second-order valence-electron chi connectivity index (χ2n) is 8.32. The highest BCUT2D eigenvalue weighted by Gasteiger charge is 2.37. The van der Waals surface area contributed by atoms with Crippen molar-refractivity contribution in [3.8, 4) is 11.4 Å². The minimum absolute atomic E-state index is 0.0733. The smallest absolute Gasteiger partial charge is 0.347 e. The van der Waals surface area contributed by atoms with Crippen LogP contribution in [-0.2, 0) is 9.59 Å². The van der Waals surface area contributed by atoms with Crippen molar-refractivity contribution in [2.75, 3.05) is 17.3 Å². The number of rotatable bonds is 6. The van der Waals surface area contributed by atoms with Gasteiger partial charge in [0.25, 0.3) is 6.47 Å². The summed E-state index contributed by atoms with van der Waals surface area (Å²) in [7, 11) is 1.63. The fourth-order valence-electron chi connectivity index (χ4n) is 3.95. The van der Waals surface area contributed by atoms with Gasteiger partial charge in [-0.25, -0.2) is 19.7 Å². The van der Waals surface area contributed by atoms with Crippen LogP contribution in [0.4, 0.5) is 10.9 Å². The number of aryl methyl sites for hydroxylation is 2. The van der Waals surface area contributed by atoms with E-state index in [1.807, 2.05) is 18.2 Å².